The zero-order valence-corrected chi connectivity index (χ0v) is 17.5. The molecule has 1 heterocycles. The molecule has 0 aromatic heterocycles. The zero-order valence-electron chi connectivity index (χ0n) is 17.5. The SMILES string of the molecule is CC[C@H](CN1CC[C@@H](CNC(=O)OCc2ccccc2)NCC1=O)c1ccccc1. The molecular formula is C24H31N3O3. The van der Waals surface area contributed by atoms with Crippen LogP contribution in [0.1, 0.15) is 36.8 Å². The summed E-state index contributed by atoms with van der Waals surface area (Å²) in [6.45, 7) is 4.53. The molecule has 0 unspecified atom stereocenters. The second-order valence-corrected chi connectivity index (χ2v) is 7.66. The third kappa shape index (κ3) is 6.59. The molecule has 2 N–H and O–H groups in total. The van der Waals surface area contributed by atoms with E-state index in [0.717, 1.165) is 24.9 Å². The molecular weight excluding hydrogens is 378 g/mol. The van der Waals surface area contributed by atoms with E-state index in [2.05, 4.69) is 29.7 Å². The van der Waals surface area contributed by atoms with E-state index >= 15 is 0 Å². The molecule has 1 saturated heterocycles. The first-order valence-electron chi connectivity index (χ1n) is 10.7. The Balaban J connectivity index is 1.44. The molecule has 0 aliphatic carbocycles. The first-order valence-corrected chi connectivity index (χ1v) is 10.7. The number of carbonyl (C=O) groups excluding carboxylic acids is 2. The number of ether oxygens (including phenoxy) is 1. The zero-order chi connectivity index (χ0) is 21.2. The number of nitrogens with zero attached hydrogens (tertiary/aromatic N) is 1. The Morgan fingerprint density at radius 3 is 2.57 bits per heavy atom. The van der Waals surface area contributed by atoms with E-state index < -0.39 is 6.09 Å². The predicted octanol–water partition coefficient (Wildman–Crippen LogP) is 3.30. The van der Waals surface area contributed by atoms with Crippen LogP contribution in [0.25, 0.3) is 0 Å². The van der Waals surface area contributed by atoms with Crippen molar-refractivity contribution >= 4 is 12.0 Å². The molecule has 1 fully saturated rings. The van der Waals surface area contributed by atoms with E-state index in [4.69, 9.17) is 4.74 Å². The summed E-state index contributed by atoms with van der Waals surface area (Å²) in [7, 11) is 0. The lowest BCUT2D eigenvalue weighted by molar-refractivity contribution is -0.129. The second kappa shape index (κ2) is 11.4. The first-order chi connectivity index (χ1) is 14.7. The molecule has 2 aromatic rings. The van der Waals surface area contributed by atoms with Gasteiger partial charge in [0.05, 0.1) is 6.54 Å². The van der Waals surface area contributed by atoms with Gasteiger partial charge in [0.15, 0.2) is 0 Å². The summed E-state index contributed by atoms with van der Waals surface area (Å²) in [5, 5.41) is 6.06. The summed E-state index contributed by atoms with van der Waals surface area (Å²) < 4.78 is 5.25. The molecule has 3 rings (SSSR count). The van der Waals surface area contributed by atoms with Gasteiger partial charge in [0.1, 0.15) is 6.61 Å². The van der Waals surface area contributed by atoms with E-state index in [0.29, 0.717) is 19.0 Å². The topological polar surface area (TPSA) is 70.7 Å². The third-order valence-electron chi connectivity index (χ3n) is 5.55. The van der Waals surface area contributed by atoms with Gasteiger partial charge >= 0.3 is 6.09 Å². The van der Waals surface area contributed by atoms with Gasteiger partial charge in [0.2, 0.25) is 5.91 Å². The van der Waals surface area contributed by atoms with Gasteiger partial charge in [-0.05, 0) is 24.0 Å². The number of amides is 2. The Labute approximate surface area is 178 Å². The summed E-state index contributed by atoms with van der Waals surface area (Å²) in [5.74, 6) is 0.441. The van der Waals surface area contributed by atoms with Crippen molar-refractivity contribution in [3.8, 4) is 0 Å². The van der Waals surface area contributed by atoms with E-state index in [1.54, 1.807) is 0 Å². The van der Waals surface area contributed by atoms with Crippen molar-refractivity contribution in [3.05, 3.63) is 71.8 Å². The Morgan fingerprint density at radius 1 is 1.17 bits per heavy atom. The van der Waals surface area contributed by atoms with Gasteiger partial charge in [0.25, 0.3) is 0 Å². The normalized spacial score (nSPS) is 17.8. The summed E-state index contributed by atoms with van der Waals surface area (Å²) in [4.78, 5) is 26.5. The van der Waals surface area contributed by atoms with Gasteiger partial charge in [0, 0.05) is 31.6 Å². The molecule has 30 heavy (non-hydrogen) atoms. The summed E-state index contributed by atoms with van der Waals surface area (Å²) in [6, 6.07) is 20.0. The van der Waals surface area contributed by atoms with Gasteiger partial charge in [-0.3, -0.25) is 4.79 Å². The molecule has 1 aliphatic heterocycles. The molecule has 2 amide bonds. The quantitative estimate of drug-likeness (QED) is 0.702. The molecule has 0 bridgehead atoms. The molecule has 160 valence electrons. The second-order valence-electron chi connectivity index (χ2n) is 7.66. The fraction of sp³-hybridized carbons (Fsp3) is 0.417. The lowest BCUT2D eigenvalue weighted by Gasteiger charge is -2.26. The van der Waals surface area contributed by atoms with Gasteiger partial charge < -0.3 is 20.3 Å². The van der Waals surface area contributed by atoms with Crippen molar-refractivity contribution in [1.29, 1.82) is 0 Å². The predicted molar refractivity (Wildman–Crippen MR) is 117 cm³/mol. The van der Waals surface area contributed by atoms with Crippen LogP contribution in [0.3, 0.4) is 0 Å². The number of benzene rings is 2. The highest BCUT2D eigenvalue weighted by atomic mass is 16.5. The highest BCUT2D eigenvalue weighted by molar-refractivity contribution is 5.78. The van der Waals surface area contributed by atoms with Crippen LogP contribution in [0.15, 0.2) is 60.7 Å². The number of carbonyl (C=O) groups is 2. The van der Waals surface area contributed by atoms with Crippen molar-refractivity contribution in [3.63, 3.8) is 0 Å². The van der Waals surface area contributed by atoms with E-state index in [1.165, 1.54) is 5.56 Å². The molecule has 6 nitrogen and oxygen atoms in total. The van der Waals surface area contributed by atoms with E-state index in [-0.39, 0.29) is 25.1 Å². The fourth-order valence-corrected chi connectivity index (χ4v) is 3.69. The van der Waals surface area contributed by atoms with Crippen LogP contribution in [0.4, 0.5) is 4.79 Å². The van der Waals surface area contributed by atoms with Gasteiger partial charge in [-0.2, -0.15) is 0 Å². The van der Waals surface area contributed by atoms with Crippen molar-refractivity contribution in [2.45, 2.75) is 38.3 Å². The number of nitrogens with one attached hydrogen (secondary N) is 2. The minimum absolute atomic E-state index is 0.0417. The monoisotopic (exact) mass is 409 g/mol. The molecule has 0 spiro atoms. The largest absolute Gasteiger partial charge is 0.445 e. The molecule has 6 heteroatoms. The molecule has 0 radical (unpaired) electrons. The van der Waals surface area contributed by atoms with Crippen molar-refractivity contribution < 1.29 is 14.3 Å². The number of rotatable bonds is 8. The number of hydrogen-bond acceptors (Lipinski definition) is 4. The Hall–Kier alpha value is -2.86. The Kier molecular flexibility index (Phi) is 8.27. The molecule has 0 saturated carbocycles. The van der Waals surface area contributed by atoms with Crippen LogP contribution in [0.2, 0.25) is 0 Å². The van der Waals surface area contributed by atoms with E-state index in [9.17, 15) is 9.59 Å². The molecule has 1 aliphatic rings. The summed E-state index contributed by atoms with van der Waals surface area (Å²) >= 11 is 0. The van der Waals surface area contributed by atoms with Gasteiger partial charge in [-0.15, -0.1) is 0 Å². The minimum atomic E-state index is -0.441. The van der Waals surface area contributed by atoms with Crippen molar-refractivity contribution in [2.24, 2.45) is 0 Å². The lowest BCUT2D eigenvalue weighted by atomic mass is 9.96. The van der Waals surface area contributed by atoms with Crippen LogP contribution in [0, 0.1) is 0 Å². The van der Waals surface area contributed by atoms with Crippen LogP contribution in [-0.4, -0.2) is 49.1 Å². The van der Waals surface area contributed by atoms with Crippen LogP contribution in [-0.2, 0) is 16.1 Å². The first kappa shape index (κ1) is 21.8. The third-order valence-corrected chi connectivity index (χ3v) is 5.55. The van der Waals surface area contributed by atoms with Crippen LogP contribution in [0.5, 0.6) is 0 Å². The standard InChI is InChI=1S/C24H31N3O3/c1-2-20(21-11-7-4-8-12-21)17-27-14-13-22(25-16-23(27)28)15-26-24(29)30-18-19-9-5-3-6-10-19/h3-12,20,22,25H,2,13-18H2,1H3,(H,26,29)/t20-,22+/m1/s1. The smallest absolute Gasteiger partial charge is 0.407 e. The maximum absolute atomic E-state index is 12.6. The maximum atomic E-state index is 12.6. The van der Waals surface area contributed by atoms with Crippen molar-refractivity contribution in [1.82, 2.24) is 15.5 Å². The average molecular weight is 410 g/mol. The average Bonchev–Trinajstić information content (AvgIpc) is 2.97. The highest BCUT2D eigenvalue weighted by Gasteiger charge is 2.24. The molecule has 2 aromatic carbocycles. The van der Waals surface area contributed by atoms with Gasteiger partial charge in [-0.1, -0.05) is 67.6 Å². The van der Waals surface area contributed by atoms with Crippen LogP contribution < -0.4 is 10.6 Å². The summed E-state index contributed by atoms with van der Waals surface area (Å²) in [5.41, 5.74) is 2.22. The van der Waals surface area contributed by atoms with Crippen molar-refractivity contribution in [2.75, 3.05) is 26.2 Å². The minimum Gasteiger partial charge on any atom is -0.445 e. The Bertz CT molecular complexity index is 798. The maximum Gasteiger partial charge on any atom is 0.407 e. The highest BCUT2D eigenvalue weighted by Crippen LogP contribution is 2.21. The Morgan fingerprint density at radius 2 is 1.87 bits per heavy atom. The van der Waals surface area contributed by atoms with E-state index in [1.807, 2.05) is 53.4 Å². The van der Waals surface area contributed by atoms with Gasteiger partial charge in [-0.25, -0.2) is 4.79 Å². The lowest BCUT2D eigenvalue weighted by Crippen LogP contribution is -2.42. The number of hydrogen-bond donors (Lipinski definition) is 2. The number of alkyl carbamates (subject to hydrolysis) is 1. The fourth-order valence-electron chi connectivity index (χ4n) is 3.69. The molecule has 2 atom stereocenters. The van der Waals surface area contributed by atoms with Crippen LogP contribution >= 0.6 is 0 Å². The summed E-state index contributed by atoms with van der Waals surface area (Å²) in [6.07, 6.45) is 1.33.